The van der Waals surface area contributed by atoms with Gasteiger partial charge in [0, 0.05) is 56.3 Å². The van der Waals surface area contributed by atoms with Crippen LogP contribution in [0.5, 0.6) is 0 Å². The summed E-state index contributed by atoms with van der Waals surface area (Å²) in [4.78, 5) is 51.1. The third-order valence-electron chi connectivity index (χ3n) is 8.95. The van der Waals surface area contributed by atoms with Crippen molar-refractivity contribution in [3.63, 3.8) is 0 Å². The van der Waals surface area contributed by atoms with Gasteiger partial charge in [-0.3, -0.25) is 9.88 Å². The van der Waals surface area contributed by atoms with Crippen LogP contribution in [0, 0.1) is 0 Å². The zero-order valence-electron chi connectivity index (χ0n) is 33.8. The fourth-order valence-electron chi connectivity index (χ4n) is 5.84. The largest absolute Gasteiger partial charge is 0.480 e. The molecule has 1 aliphatic heterocycles. The number of rotatable bonds is 18. The second kappa shape index (κ2) is 31.0. The molecule has 1 aliphatic rings. The lowest BCUT2D eigenvalue weighted by Crippen LogP contribution is -2.48. The van der Waals surface area contributed by atoms with Crippen LogP contribution >= 0.6 is 69.2 Å². The van der Waals surface area contributed by atoms with Gasteiger partial charge in [-0.25, -0.2) is 19.4 Å². The quantitative estimate of drug-likeness (QED) is 0.0562. The number of urea groups is 1. The van der Waals surface area contributed by atoms with Crippen molar-refractivity contribution in [2.24, 2.45) is 5.73 Å². The topological polar surface area (TPSA) is 172 Å². The third-order valence-corrected chi connectivity index (χ3v) is 10.9. The summed E-state index contributed by atoms with van der Waals surface area (Å²) in [5.41, 5.74) is 11.3. The molecule has 0 spiro atoms. The summed E-state index contributed by atoms with van der Waals surface area (Å²) in [6.45, 7) is 8.28. The highest BCUT2D eigenvalue weighted by atomic mass is 127. The van der Waals surface area contributed by atoms with E-state index in [4.69, 9.17) is 15.2 Å². The van der Waals surface area contributed by atoms with Gasteiger partial charge in [0.2, 0.25) is 0 Å². The smallest absolute Gasteiger partial charge is 0.407 e. The normalized spacial score (nSPS) is 13.7. The molecule has 4 aromatic rings. The van der Waals surface area contributed by atoms with Gasteiger partial charge >= 0.3 is 18.1 Å². The Labute approximate surface area is 389 Å². The number of nitrogens with one attached hydrogen (secondary N) is 2. The molecule has 1 saturated heterocycles. The molecule has 3 amide bonds. The molecule has 1 fully saturated rings. The Hall–Kier alpha value is -2.95. The number of hydrogen-bond donors (Lipinski definition) is 4. The number of hydrogen-bond acceptors (Lipinski definition) is 11. The van der Waals surface area contributed by atoms with Gasteiger partial charge in [0.25, 0.3) is 0 Å². The second-order valence-corrected chi connectivity index (χ2v) is 15.7. The van der Waals surface area contributed by atoms with Gasteiger partial charge in [-0.2, -0.15) is 0 Å². The number of nitrogens with two attached hydrogens (primary N) is 1. The zero-order chi connectivity index (χ0) is 41.4. The van der Waals surface area contributed by atoms with E-state index in [1.54, 1.807) is 30.1 Å². The van der Waals surface area contributed by atoms with Crippen LogP contribution in [0.4, 0.5) is 9.59 Å². The van der Waals surface area contributed by atoms with Gasteiger partial charge in [-0.15, -0.1) is 46.7 Å². The van der Waals surface area contributed by atoms with Crippen molar-refractivity contribution in [3.05, 3.63) is 104 Å². The maximum absolute atomic E-state index is 12.3. The highest BCUT2D eigenvalue weighted by Crippen LogP contribution is 2.20. The Bertz CT molecular complexity index is 1700. The molecule has 0 saturated carbocycles. The van der Waals surface area contributed by atoms with E-state index in [0.717, 1.165) is 54.4 Å². The van der Waals surface area contributed by atoms with Crippen molar-refractivity contribution in [2.45, 2.75) is 90.6 Å². The van der Waals surface area contributed by atoms with Crippen molar-refractivity contribution < 1.29 is 29.0 Å². The highest BCUT2D eigenvalue weighted by Gasteiger charge is 2.24. The fourth-order valence-corrected chi connectivity index (χ4v) is 7.18. The van der Waals surface area contributed by atoms with E-state index < -0.39 is 24.1 Å². The number of halogens is 2. The summed E-state index contributed by atoms with van der Waals surface area (Å²) in [7, 11) is 1.64. The molecule has 13 nitrogen and oxygen atoms in total. The van der Waals surface area contributed by atoms with Gasteiger partial charge in [-0.1, -0.05) is 105 Å². The number of carboxylic acid groups (broad SMARTS) is 1. The Morgan fingerprint density at radius 2 is 1.59 bits per heavy atom. The minimum absolute atomic E-state index is 0. The SMILES string of the molecule is C.CC(C)c1nc(CN(C)C(=O)N[C@@H](CCN2CCOCC2)C(=O)O)cs1.CI.I.N[C@H](CC[C@H](Cc1ccccc1)NC(=O)OCc1cncs1)Cc1ccccc1. The van der Waals surface area contributed by atoms with Crippen LogP contribution < -0.4 is 16.4 Å². The number of aromatic nitrogens is 2. The highest BCUT2D eigenvalue weighted by molar-refractivity contribution is 14.1. The Morgan fingerprint density at radius 3 is 2.15 bits per heavy atom. The summed E-state index contributed by atoms with van der Waals surface area (Å²) < 4.78 is 10.6. The molecule has 2 aromatic carbocycles. The number of nitrogens with zero attached hydrogens (tertiary/aromatic N) is 4. The molecule has 17 heteroatoms. The maximum atomic E-state index is 12.3. The molecule has 59 heavy (non-hydrogen) atoms. The molecule has 3 heterocycles. The lowest BCUT2D eigenvalue weighted by Gasteiger charge is -2.28. The number of carbonyl (C=O) groups excluding carboxylic acids is 2. The van der Waals surface area contributed by atoms with Gasteiger partial charge in [0.05, 0.1) is 40.8 Å². The van der Waals surface area contributed by atoms with Crippen LogP contribution in [-0.2, 0) is 40.3 Å². The number of benzene rings is 2. The summed E-state index contributed by atoms with van der Waals surface area (Å²) in [5, 5.41) is 18.0. The van der Waals surface area contributed by atoms with E-state index in [1.165, 1.54) is 27.4 Å². The van der Waals surface area contributed by atoms with E-state index in [0.29, 0.717) is 38.6 Å². The molecule has 2 aromatic heterocycles. The van der Waals surface area contributed by atoms with Crippen molar-refractivity contribution in [1.29, 1.82) is 0 Å². The first kappa shape index (κ1) is 54.1. The molecule has 328 valence electrons. The predicted octanol–water partition coefficient (Wildman–Crippen LogP) is 8.22. The van der Waals surface area contributed by atoms with Crippen LogP contribution in [0.2, 0.25) is 0 Å². The van der Waals surface area contributed by atoms with Crippen LogP contribution in [0.3, 0.4) is 0 Å². The number of thiazole rings is 2. The molecule has 0 radical (unpaired) electrons. The van der Waals surface area contributed by atoms with E-state index >= 15 is 0 Å². The van der Waals surface area contributed by atoms with Gasteiger partial charge in [0.1, 0.15) is 12.6 Å². The minimum Gasteiger partial charge on any atom is -0.480 e. The number of carboxylic acids is 1. The molecule has 5 rings (SSSR count). The van der Waals surface area contributed by atoms with Crippen LogP contribution in [0.1, 0.15) is 73.2 Å². The average molecular weight is 1080 g/mol. The number of aliphatic carboxylic acids is 1. The zero-order valence-corrected chi connectivity index (χ0v) is 39.9. The van der Waals surface area contributed by atoms with E-state index in [-0.39, 0.29) is 50.1 Å². The summed E-state index contributed by atoms with van der Waals surface area (Å²) >= 11 is 5.19. The molecule has 0 unspecified atom stereocenters. The van der Waals surface area contributed by atoms with E-state index in [9.17, 15) is 19.5 Å². The number of ether oxygens (including phenoxy) is 2. The minimum atomic E-state index is -1.02. The van der Waals surface area contributed by atoms with E-state index in [1.807, 2.05) is 46.7 Å². The molecular weight excluding hydrogens is 1020 g/mol. The van der Waals surface area contributed by atoms with Gasteiger partial charge in [-0.05, 0) is 48.2 Å². The lowest BCUT2D eigenvalue weighted by molar-refractivity contribution is -0.139. The number of amides is 3. The Kier molecular flexibility index (Phi) is 28.4. The van der Waals surface area contributed by atoms with Crippen molar-refractivity contribution in [1.82, 2.24) is 30.4 Å². The average Bonchev–Trinajstić information content (AvgIpc) is 3.93. The molecule has 5 N–H and O–H groups in total. The van der Waals surface area contributed by atoms with Gasteiger partial charge < -0.3 is 35.8 Å². The molecule has 0 aliphatic carbocycles. The first-order chi connectivity index (χ1) is 27.5. The summed E-state index contributed by atoms with van der Waals surface area (Å²) in [5.74, 6) is -0.666. The number of morpholine rings is 1. The van der Waals surface area contributed by atoms with E-state index in [2.05, 4.69) is 86.2 Å². The van der Waals surface area contributed by atoms with Crippen molar-refractivity contribution in [3.8, 4) is 0 Å². The van der Waals surface area contributed by atoms with Crippen LogP contribution in [-0.4, -0.2) is 106 Å². The first-order valence-corrected chi connectivity index (χ1v) is 23.0. The molecule has 3 atom stereocenters. The fraction of sp³-hybridized carbons (Fsp3) is 0.500. The summed E-state index contributed by atoms with van der Waals surface area (Å²) in [6, 6.07) is 19.1. The number of alkyl halides is 1. The molecular formula is C42H63I2N7O6S2. The van der Waals surface area contributed by atoms with Crippen molar-refractivity contribution >= 4 is 87.3 Å². The third kappa shape index (κ3) is 21.9. The second-order valence-electron chi connectivity index (χ2n) is 13.9. The monoisotopic (exact) mass is 1080 g/mol. The maximum Gasteiger partial charge on any atom is 0.407 e. The molecule has 0 bridgehead atoms. The number of carbonyl (C=O) groups is 3. The Balaban J connectivity index is 0.000000551. The van der Waals surface area contributed by atoms with Crippen LogP contribution in [0.15, 0.2) is 77.8 Å². The van der Waals surface area contributed by atoms with Crippen LogP contribution in [0.25, 0.3) is 0 Å². The summed E-state index contributed by atoms with van der Waals surface area (Å²) in [6.07, 6.45) is 4.85. The standard InChI is InChI=1S/C23H27N3O2S.C17H28N4O4S.CH3I.CH4.HI/c24-20(13-18-7-3-1-4-8-18)11-12-21(14-19-9-5-2-6-10-19)26-23(27)28-16-22-15-25-17-29-22;1-12(2)15-18-13(11-26-15)10-20(3)17(24)19-14(16(22)23)4-5-21-6-8-25-9-7-21;1-2;;/h1-10,15,17,20-21H,11-14,16,24H2,(H,26,27);11-12,14H,4-10H2,1-3H3,(H,19,24)(H,22,23);1H3;1H4;1H/t20-,21-;14-;;;/m10.../s1. The van der Waals surface area contributed by atoms with Gasteiger partial charge in [0.15, 0.2) is 0 Å². The lowest BCUT2D eigenvalue weighted by atomic mass is 9.96. The van der Waals surface area contributed by atoms with Crippen molar-refractivity contribution in [2.75, 3.05) is 44.8 Å². The first-order valence-electron chi connectivity index (χ1n) is 19.1. The number of alkyl carbamates (subject to hydrolysis) is 1. The predicted molar refractivity (Wildman–Crippen MR) is 258 cm³/mol. The Morgan fingerprint density at radius 1 is 0.966 bits per heavy atom.